The van der Waals surface area contributed by atoms with Gasteiger partial charge in [-0.1, -0.05) is 18.2 Å². The number of hydrogen-bond donors (Lipinski definition) is 1. The maximum absolute atomic E-state index is 13.1. The molecule has 1 heterocycles. The highest BCUT2D eigenvalue weighted by Crippen LogP contribution is 2.31. The lowest BCUT2D eigenvalue weighted by Crippen LogP contribution is -2.30. The molecule has 0 saturated heterocycles. The Morgan fingerprint density at radius 2 is 1.54 bits per heavy atom. The van der Waals surface area contributed by atoms with Gasteiger partial charge in [0.05, 0.1) is 38.3 Å². The number of benzene rings is 3. The van der Waals surface area contributed by atoms with Crippen molar-refractivity contribution < 1.29 is 19.1 Å². The topological polar surface area (TPSA) is 77.0 Å². The van der Waals surface area contributed by atoms with Crippen molar-refractivity contribution in [3.8, 4) is 11.5 Å². The molecule has 4 rings (SSSR count). The zero-order valence-corrected chi connectivity index (χ0v) is 20.6. The zero-order valence-electron chi connectivity index (χ0n) is 20.6. The molecular formula is C29H30N2O4. The van der Waals surface area contributed by atoms with Gasteiger partial charge < -0.3 is 14.8 Å². The molecule has 0 radical (unpaired) electrons. The van der Waals surface area contributed by atoms with Crippen LogP contribution in [0.4, 0.5) is 5.69 Å². The first-order valence-electron chi connectivity index (χ1n) is 11.6. The highest BCUT2D eigenvalue weighted by atomic mass is 16.5. The first kappa shape index (κ1) is 24.2. The third-order valence-corrected chi connectivity index (χ3v) is 6.03. The minimum atomic E-state index is -0.269. The fourth-order valence-electron chi connectivity index (χ4n) is 4.30. The minimum absolute atomic E-state index is 0.0219. The molecule has 0 fully saturated rings. The molecule has 3 aromatic rings. The lowest BCUT2D eigenvalue weighted by atomic mass is 9.85. The van der Waals surface area contributed by atoms with Crippen LogP contribution in [0.1, 0.15) is 47.3 Å². The first-order chi connectivity index (χ1) is 16.8. The highest BCUT2D eigenvalue weighted by Gasteiger charge is 2.28. The Kier molecular flexibility index (Phi) is 7.01. The number of methoxy groups -OCH3 is 2. The van der Waals surface area contributed by atoms with Crippen LogP contribution in [0.25, 0.3) is 0 Å². The Morgan fingerprint density at radius 1 is 0.886 bits per heavy atom. The quantitative estimate of drug-likeness (QED) is 0.454. The number of anilines is 1. The summed E-state index contributed by atoms with van der Waals surface area (Å²) in [6, 6.07) is 20.3. The number of Topliss-reactive ketones (excluding diaryl/α,β-unsaturated/α-hetero) is 1. The predicted molar refractivity (Wildman–Crippen MR) is 138 cm³/mol. The average molecular weight is 471 g/mol. The van der Waals surface area contributed by atoms with E-state index in [4.69, 9.17) is 14.5 Å². The van der Waals surface area contributed by atoms with E-state index < -0.39 is 0 Å². The van der Waals surface area contributed by atoms with Crippen LogP contribution < -0.4 is 14.8 Å². The van der Waals surface area contributed by atoms with Crippen molar-refractivity contribution in [1.82, 2.24) is 0 Å². The first-order valence-corrected chi connectivity index (χ1v) is 11.6. The molecule has 180 valence electrons. The van der Waals surface area contributed by atoms with Gasteiger partial charge in [-0.2, -0.15) is 0 Å². The van der Waals surface area contributed by atoms with Gasteiger partial charge in [0.25, 0.3) is 0 Å². The summed E-state index contributed by atoms with van der Waals surface area (Å²) in [7, 11) is 3.24. The minimum Gasteiger partial charge on any atom is -0.497 e. The fraction of sp³-hybridized carbons (Fsp3) is 0.276. The van der Waals surface area contributed by atoms with Crippen LogP contribution in [0.2, 0.25) is 0 Å². The lowest BCUT2D eigenvalue weighted by Gasteiger charge is -2.29. The van der Waals surface area contributed by atoms with Crippen molar-refractivity contribution in [3.63, 3.8) is 0 Å². The molecule has 0 atom stereocenters. The van der Waals surface area contributed by atoms with Crippen LogP contribution in [0, 0.1) is 0 Å². The van der Waals surface area contributed by atoms with E-state index in [-0.39, 0.29) is 30.1 Å². The van der Waals surface area contributed by atoms with Crippen LogP contribution in [-0.4, -0.2) is 37.2 Å². The number of ketones is 1. The van der Waals surface area contributed by atoms with Gasteiger partial charge in [-0.25, -0.2) is 0 Å². The summed E-state index contributed by atoms with van der Waals surface area (Å²) in [6.45, 7) is 4.15. The second kappa shape index (κ2) is 10.1. The van der Waals surface area contributed by atoms with Crippen molar-refractivity contribution in [2.24, 2.45) is 4.99 Å². The van der Waals surface area contributed by atoms with Gasteiger partial charge in [0.2, 0.25) is 5.91 Å². The van der Waals surface area contributed by atoms with E-state index in [0.29, 0.717) is 11.3 Å². The van der Waals surface area contributed by atoms with Crippen LogP contribution in [0.3, 0.4) is 0 Å². The van der Waals surface area contributed by atoms with E-state index in [1.165, 1.54) is 5.56 Å². The molecule has 0 aromatic heterocycles. The molecule has 3 aromatic carbocycles. The molecule has 0 unspecified atom stereocenters. The highest BCUT2D eigenvalue weighted by molar-refractivity contribution is 6.17. The van der Waals surface area contributed by atoms with Crippen molar-refractivity contribution in [2.45, 2.75) is 38.6 Å². The van der Waals surface area contributed by atoms with Gasteiger partial charge >= 0.3 is 0 Å². The van der Waals surface area contributed by atoms with E-state index in [9.17, 15) is 9.59 Å². The molecule has 6 nitrogen and oxygen atoms in total. The number of carbonyl (C=O) groups is 2. The maximum Gasteiger partial charge on any atom is 0.228 e. The lowest BCUT2D eigenvalue weighted by molar-refractivity contribution is -0.115. The maximum atomic E-state index is 13.1. The van der Waals surface area contributed by atoms with Crippen molar-refractivity contribution >= 4 is 23.1 Å². The van der Waals surface area contributed by atoms with Gasteiger partial charge in [0.15, 0.2) is 5.78 Å². The third-order valence-electron chi connectivity index (χ3n) is 6.03. The summed E-state index contributed by atoms with van der Waals surface area (Å²) in [6.07, 6.45) is 1.27. The smallest absolute Gasteiger partial charge is 0.228 e. The van der Waals surface area contributed by atoms with E-state index >= 15 is 0 Å². The number of amides is 1. The van der Waals surface area contributed by atoms with Crippen molar-refractivity contribution in [3.05, 3.63) is 89.0 Å². The van der Waals surface area contributed by atoms with Crippen LogP contribution in [0.15, 0.2) is 71.7 Å². The average Bonchev–Trinajstić information content (AvgIpc) is 2.84. The Bertz CT molecular complexity index is 1260. The predicted octanol–water partition coefficient (Wildman–Crippen LogP) is 5.28. The van der Waals surface area contributed by atoms with E-state index in [1.54, 1.807) is 38.5 Å². The number of hydrogen-bond acceptors (Lipinski definition) is 5. The number of fused-ring (bicyclic) bond motifs is 1. The molecule has 6 heteroatoms. The van der Waals surface area contributed by atoms with Crippen LogP contribution in [0.5, 0.6) is 11.5 Å². The number of aliphatic imine (C=N–C) groups is 1. The van der Waals surface area contributed by atoms with E-state index in [1.807, 2.05) is 36.4 Å². The normalized spacial score (nSPS) is 13.9. The second-order valence-electron chi connectivity index (χ2n) is 9.32. The molecule has 1 aliphatic rings. The summed E-state index contributed by atoms with van der Waals surface area (Å²) in [5.74, 6) is 1.35. The summed E-state index contributed by atoms with van der Waals surface area (Å²) in [5.41, 5.74) is 4.76. The Balaban J connectivity index is 1.42. The van der Waals surface area contributed by atoms with Crippen molar-refractivity contribution in [1.29, 1.82) is 0 Å². The Labute approximate surface area is 206 Å². The largest absolute Gasteiger partial charge is 0.497 e. The molecule has 35 heavy (non-hydrogen) atoms. The van der Waals surface area contributed by atoms with Gasteiger partial charge in [-0.3, -0.25) is 14.6 Å². The SMILES string of the molecule is COc1ccc(CC(=O)Nc2ccc(C(=O)CC3=NC(C)(C)Cc4ccc(OC)cc43)cc2)cc1. The summed E-state index contributed by atoms with van der Waals surface area (Å²) in [5, 5.41) is 2.88. The standard InChI is InChI=1S/C29H30N2O4/c1-29(2)18-21-9-14-24(35-4)16-25(21)26(31-29)17-27(32)20-7-10-22(11-8-20)30-28(33)15-19-5-12-23(34-3)13-6-19/h5-14,16H,15,17-18H2,1-4H3,(H,30,33). The van der Waals surface area contributed by atoms with Gasteiger partial charge in [0, 0.05) is 16.8 Å². The third kappa shape index (κ3) is 5.96. The molecule has 1 aliphatic heterocycles. The molecule has 1 N–H and O–H groups in total. The fourth-order valence-corrected chi connectivity index (χ4v) is 4.30. The number of nitrogens with zero attached hydrogens (tertiary/aromatic N) is 1. The number of ether oxygens (including phenoxy) is 2. The monoisotopic (exact) mass is 470 g/mol. The molecule has 0 saturated carbocycles. The molecular weight excluding hydrogens is 440 g/mol. The number of rotatable bonds is 8. The van der Waals surface area contributed by atoms with E-state index in [0.717, 1.165) is 34.8 Å². The molecule has 0 aliphatic carbocycles. The molecule has 1 amide bonds. The van der Waals surface area contributed by atoms with Crippen molar-refractivity contribution in [2.75, 3.05) is 19.5 Å². The summed E-state index contributed by atoms with van der Waals surface area (Å²) in [4.78, 5) is 30.4. The van der Waals surface area contributed by atoms with E-state index in [2.05, 4.69) is 25.2 Å². The van der Waals surface area contributed by atoms with Gasteiger partial charge in [-0.15, -0.1) is 0 Å². The van der Waals surface area contributed by atoms with Gasteiger partial charge in [0.1, 0.15) is 11.5 Å². The van der Waals surface area contributed by atoms with Crippen LogP contribution in [-0.2, 0) is 17.6 Å². The zero-order chi connectivity index (χ0) is 25.0. The second-order valence-corrected chi connectivity index (χ2v) is 9.32. The van der Waals surface area contributed by atoms with Crippen LogP contribution >= 0.6 is 0 Å². The Hall–Kier alpha value is -3.93. The Morgan fingerprint density at radius 3 is 2.20 bits per heavy atom. The summed E-state index contributed by atoms with van der Waals surface area (Å²) >= 11 is 0. The molecule has 0 bridgehead atoms. The molecule has 0 spiro atoms. The number of carbonyl (C=O) groups excluding carboxylic acids is 2. The summed E-state index contributed by atoms with van der Waals surface area (Å²) < 4.78 is 10.5. The van der Waals surface area contributed by atoms with Gasteiger partial charge in [-0.05, 0) is 79.9 Å². The number of nitrogens with one attached hydrogen (secondary N) is 1.